The number of hydrogen-bond acceptors (Lipinski definition) is 2. The Morgan fingerprint density at radius 2 is 1.94 bits per heavy atom. The first kappa shape index (κ1) is 13.6. The molecule has 0 atom stereocenters. The monoisotopic (exact) mass is 311 g/mol. The van der Waals surface area contributed by atoms with Gasteiger partial charge in [-0.05, 0) is 37.5 Å². The highest BCUT2D eigenvalue weighted by molar-refractivity contribution is 9.10. The van der Waals surface area contributed by atoms with Crippen molar-refractivity contribution in [2.75, 3.05) is 19.8 Å². The molecule has 1 aromatic carbocycles. The van der Waals surface area contributed by atoms with Gasteiger partial charge in [-0.3, -0.25) is 4.79 Å². The second-order valence-electron chi connectivity index (χ2n) is 4.56. The van der Waals surface area contributed by atoms with E-state index in [9.17, 15) is 4.79 Å². The molecule has 3 nitrogen and oxygen atoms in total. The third-order valence-electron chi connectivity index (χ3n) is 3.52. The third kappa shape index (κ3) is 2.59. The number of rotatable bonds is 3. The second-order valence-corrected chi connectivity index (χ2v) is 5.48. The highest BCUT2D eigenvalue weighted by Gasteiger charge is 2.41. The zero-order valence-electron chi connectivity index (χ0n) is 10.5. The van der Waals surface area contributed by atoms with Crippen molar-refractivity contribution < 1.29 is 9.53 Å². The molecule has 1 fully saturated rings. The molecule has 0 spiro atoms. The summed E-state index contributed by atoms with van der Waals surface area (Å²) in [6, 6.07) is 8.05. The van der Waals surface area contributed by atoms with Crippen LogP contribution in [0.2, 0.25) is 0 Å². The Morgan fingerprint density at radius 1 is 1.33 bits per heavy atom. The van der Waals surface area contributed by atoms with Crippen molar-refractivity contribution in [2.45, 2.75) is 25.2 Å². The van der Waals surface area contributed by atoms with Gasteiger partial charge >= 0.3 is 0 Å². The highest BCUT2D eigenvalue weighted by atomic mass is 79.9. The molecule has 1 N–H and O–H groups in total. The predicted octanol–water partition coefficient (Wildman–Crippen LogP) is 2.63. The number of halogens is 1. The molecule has 1 aliphatic heterocycles. The van der Waals surface area contributed by atoms with Gasteiger partial charge in [-0.1, -0.05) is 28.1 Å². The van der Waals surface area contributed by atoms with Gasteiger partial charge in [-0.25, -0.2) is 0 Å². The van der Waals surface area contributed by atoms with E-state index in [1.807, 2.05) is 31.2 Å². The van der Waals surface area contributed by atoms with Gasteiger partial charge in [0.15, 0.2) is 0 Å². The molecule has 0 saturated carbocycles. The maximum absolute atomic E-state index is 12.4. The van der Waals surface area contributed by atoms with Crippen molar-refractivity contribution in [3.63, 3.8) is 0 Å². The third-order valence-corrected chi connectivity index (χ3v) is 4.04. The summed E-state index contributed by atoms with van der Waals surface area (Å²) < 4.78 is 6.44. The summed E-state index contributed by atoms with van der Waals surface area (Å²) in [6.45, 7) is 3.91. The van der Waals surface area contributed by atoms with E-state index in [0.717, 1.165) is 22.9 Å². The van der Waals surface area contributed by atoms with Crippen LogP contribution < -0.4 is 5.32 Å². The number of likely N-dealkylation sites (N-methyl/N-ethyl adjacent to an activating group) is 1. The maximum Gasteiger partial charge on any atom is 0.230 e. The van der Waals surface area contributed by atoms with E-state index in [4.69, 9.17) is 4.74 Å². The lowest BCUT2D eigenvalue weighted by molar-refractivity contribution is -0.130. The van der Waals surface area contributed by atoms with Crippen LogP contribution in [-0.4, -0.2) is 25.7 Å². The molecular weight excluding hydrogens is 294 g/mol. The van der Waals surface area contributed by atoms with Gasteiger partial charge in [0.2, 0.25) is 5.91 Å². The summed E-state index contributed by atoms with van der Waals surface area (Å²) in [5.74, 6) is 0.121. The van der Waals surface area contributed by atoms with Crippen molar-refractivity contribution >= 4 is 21.8 Å². The Hall–Kier alpha value is -0.870. The van der Waals surface area contributed by atoms with Crippen LogP contribution >= 0.6 is 15.9 Å². The molecule has 98 valence electrons. The number of amides is 1. The fourth-order valence-electron chi connectivity index (χ4n) is 2.47. The smallest absolute Gasteiger partial charge is 0.230 e. The van der Waals surface area contributed by atoms with E-state index in [-0.39, 0.29) is 5.91 Å². The van der Waals surface area contributed by atoms with E-state index in [1.165, 1.54) is 0 Å². The van der Waals surface area contributed by atoms with E-state index < -0.39 is 5.41 Å². The molecule has 4 heteroatoms. The van der Waals surface area contributed by atoms with Gasteiger partial charge in [-0.2, -0.15) is 0 Å². The minimum atomic E-state index is -0.422. The van der Waals surface area contributed by atoms with Gasteiger partial charge in [0.1, 0.15) is 0 Å². The van der Waals surface area contributed by atoms with Crippen LogP contribution in [0.25, 0.3) is 0 Å². The molecule has 1 aromatic rings. The molecule has 2 rings (SSSR count). The number of ether oxygens (including phenoxy) is 1. The normalized spacial score (nSPS) is 18.3. The molecule has 0 bridgehead atoms. The number of carbonyl (C=O) groups is 1. The van der Waals surface area contributed by atoms with Gasteiger partial charge in [-0.15, -0.1) is 0 Å². The van der Waals surface area contributed by atoms with Crippen LogP contribution in [0.3, 0.4) is 0 Å². The first-order chi connectivity index (χ1) is 8.69. The summed E-state index contributed by atoms with van der Waals surface area (Å²) in [6.07, 6.45) is 1.50. The standard InChI is InChI=1S/C14H18BrNO2/c1-2-16-13(17)14(7-9-18-10-8-14)11-3-5-12(15)6-4-11/h3-6H,2,7-10H2,1H3,(H,16,17). The average Bonchev–Trinajstić information content (AvgIpc) is 2.40. The van der Waals surface area contributed by atoms with Gasteiger partial charge in [0, 0.05) is 24.2 Å². The molecule has 18 heavy (non-hydrogen) atoms. The first-order valence-electron chi connectivity index (χ1n) is 6.31. The summed E-state index contributed by atoms with van der Waals surface area (Å²) in [5.41, 5.74) is 0.662. The fraction of sp³-hybridized carbons (Fsp3) is 0.500. The Morgan fingerprint density at radius 3 is 2.50 bits per heavy atom. The Labute approximate surface area is 116 Å². The molecule has 0 aliphatic carbocycles. The van der Waals surface area contributed by atoms with Crippen LogP contribution in [0.1, 0.15) is 25.3 Å². The van der Waals surface area contributed by atoms with Gasteiger partial charge in [0.05, 0.1) is 5.41 Å². The largest absolute Gasteiger partial charge is 0.381 e. The zero-order chi connectivity index (χ0) is 13.0. The quantitative estimate of drug-likeness (QED) is 0.932. The molecule has 0 aromatic heterocycles. The van der Waals surface area contributed by atoms with Crippen molar-refractivity contribution in [2.24, 2.45) is 0 Å². The van der Waals surface area contributed by atoms with Crippen LogP contribution in [0.15, 0.2) is 28.7 Å². The summed E-state index contributed by atoms with van der Waals surface area (Å²) in [5, 5.41) is 2.96. The van der Waals surface area contributed by atoms with E-state index in [2.05, 4.69) is 21.2 Å². The number of nitrogens with one attached hydrogen (secondary N) is 1. The molecule has 1 aliphatic rings. The Bertz CT molecular complexity index is 410. The van der Waals surface area contributed by atoms with Crippen LogP contribution in [0.4, 0.5) is 0 Å². The number of benzene rings is 1. The van der Waals surface area contributed by atoms with E-state index in [1.54, 1.807) is 0 Å². The molecular formula is C14H18BrNO2. The molecule has 0 radical (unpaired) electrons. The summed E-state index contributed by atoms with van der Waals surface area (Å²) in [4.78, 5) is 12.4. The van der Waals surface area contributed by atoms with Gasteiger partial charge < -0.3 is 10.1 Å². The Balaban J connectivity index is 2.34. The minimum Gasteiger partial charge on any atom is -0.381 e. The highest BCUT2D eigenvalue weighted by Crippen LogP contribution is 2.35. The lowest BCUT2D eigenvalue weighted by Gasteiger charge is -2.36. The van der Waals surface area contributed by atoms with Crippen LogP contribution in [0.5, 0.6) is 0 Å². The van der Waals surface area contributed by atoms with Crippen molar-refractivity contribution in [1.82, 2.24) is 5.32 Å². The van der Waals surface area contributed by atoms with E-state index in [0.29, 0.717) is 19.8 Å². The van der Waals surface area contributed by atoms with Crippen LogP contribution in [0, 0.1) is 0 Å². The van der Waals surface area contributed by atoms with Crippen molar-refractivity contribution in [1.29, 1.82) is 0 Å². The molecule has 1 amide bonds. The lowest BCUT2D eigenvalue weighted by Crippen LogP contribution is -2.48. The predicted molar refractivity (Wildman–Crippen MR) is 74.6 cm³/mol. The molecule has 1 saturated heterocycles. The summed E-state index contributed by atoms with van der Waals surface area (Å²) in [7, 11) is 0. The molecule has 1 heterocycles. The first-order valence-corrected chi connectivity index (χ1v) is 7.10. The van der Waals surface area contributed by atoms with E-state index >= 15 is 0 Å². The van der Waals surface area contributed by atoms with Crippen molar-refractivity contribution in [3.8, 4) is 0 Å². The Kier molecular flexibility index (Phi) is 4.40. The minimum absolute atomic E-state index is 0.121. The SMILES string of the molecule is CCNC(=O)C1(c2ccc(Br)cc2)CCOCC1. The fourth-order valence-corrected chi connectivity index (χ4v) is 2.73. The molecule has 0 unspecified atom stereocenters. The van der Waals surface area contributed by atoms with Gasteiger partial charge in [0.25, 0.3) is 0 Å². The van der Waals surface area contributed by atoms with Crippen LogP contribution in [-0.2, 0) is 14.9 Å². The summed E-state index contributed by atoms with van der Waals surface area (Å²) >= 11 is 3.43. The topological polar surface area (TPSA) is 38.3 Å². The zero-order valence-corrected chi connectivity index (χ0v) is 12.1. The maximum atomic E-state index is 12.4. The van der Waals surface area contributed by atoms with Crippen molar-refractivity contribution in [3.05, 3.63) is 34.3 Å². The second kappa shape index (κ2) is 5.85. The average molecular weight is 312 g/mol. The number of hydrogen-bond donors (Lipinski definition) is 1. The lowest BCUT2D eigenvalue weighted by atomic mass is 9.73. The number of carbonyl (C=O) groups excluding carboxylic acids is 1.